The summed E-state index contributed by atoms with van der Waals surface area (Å²) in [6, 6.07) is 3.46. The number of nitrogens with one attached hydrogen (secondary N) is 1. The lowest BCUT2D eigenvalue weighted by atomic mass is 10.1. The molecule has 15 heavy (non-hydrogen) atoms. The van der Waals surface area contributed by atoms with Crippen LogP contribution in [0.4, 0.5) is 5.69 Å². The number of hydrogen-bond acceptors (Lipinski definition) is 3. The number of carbonyl (C=O) groups is 1. The van der Waals surface area contributed by atoms with Crippen molar-refractivity contribution >= 4 is 35.0 Å². The molecule has 0 bridgehead atoms. The maximum atomic E-state index is 11.7. The van der Waals surface area contributed by atoms with Gasteiger partial charge in [-0.15, -0.1) is 0 Å². The van der Waals surface area contributed by atoms with Crippen LogP contribution in [-0.2, 0) is 4.79 Å². The minimum absolute atomic E-state index is 0.0478. The van der Waals surface area contributed by atoms with Gasteiger partial charge in [-0.05, 0) is 18.1 Å². The molecule has 1 unspecified atom stereocenters. The van der Waals surface area contributed by atoms with Crippen LogP contribution in [-0.4, -0.2) is 16.1 Å². The Hall–Kier alpha value is -0.740. The highest BCUT2D eigenvalue weighted by atomic mass is 35.5. The van der Waals surface area contributed by atoms with Crippen molar-refractivity contribution in [2.75, 3.05) is 5.32 Å². The summed E-state index contributed by atoms with van der Waals surface area (Å²) < 4.78 is 0. The molecule has 0 radical (unpaired) electrons. The van der Waals surface area contributed by atoms with Gasteiger partial charge in [0.05, 0.1) is 10.9 Å². The van der Waals surface area contributed by atoms with E-state index in [0.29, 0.717) is 5.15 Å². The van der Waals surface area contributed by atoms with Gasteiger partial charge >= 0.3 is 0 Å². The fourth-order valence-corrected chi connectivity index (χ4v) is 2.69. The summed E-state index contributed by atoms with van der Waals surface area (Å²) >= 11 is 7.28. The molecular weight excluding hydrogens is 232 g/mol. The molecule has 0 aliphatic carbocycles. The molecule has 80 valence electrons. The average Bonchev–Trinajstić information content (AvgIpc) is 2.17. The normalized spacial score (nSPS) is 20.0. The van der Waals surface area contributed by atoms with E-state index in [1.807, 2.05) is 13.8 Å². The number of thioether (sulfide) groups is 1. The van der Waals surface area contributed by atoms with Crippen LogP contribution in [0.15, 0.2) is 17.2 Å². The minimum atomic E-state index is -0.0801. The highest BCUT2D eigenvalue weighted by molar-refractivity contribution is 8.00. The first-order chi connectivity index (χ1) is 7.08. The Morgan fingerprint density at radius 3 is 2.93 bits per heavy atom. The third-order valence-electron chi connectivity index (χ3n) is 2.19. The Balaban J connectivity index is 2.34. The third kappa shape index (κ3) is 2.11. The van der Waals surface area contributed by atoms with Crippen molar-refractivity contribution < 1.29 is 4.79 Å². The molecule has 2 rings (SSSR count). The van der Waals surface area contributed by atoms with Crippen LogP contribution < -0.4 is 5.32 Å². The number of aromatic nitrogens is 1. The molecule has 1 aliphatic heterocycles. The molecule has 1 aliphatic rings. The van der Waals surface area contributed by atoms with E-state index in [0.717, 1.165) is 10.7 Å². The van der Waals surface area contributed by atoms with Crippen molar-refractivity contribution in [1.82, 2.24) is 4.98 Å². The van der Waals surface area contributed by atoms with Gasteiger partial charge in [0, 0.05) is 0 Å². The first kappa shape index (κ1) is 10.8. The summed E-state index contributed by atoms with van der Waals surface area (Å²) in [5, 5.41) is 4.02. The van der Waals surface area contributed by atoms with Gasteiger partial charge in [0.15, 0.2) is 0 Å². The fraction of sp³-hybridized carbons (Fsp3) is 0.400. The highest BCUT2D eigenvalue weighted by Crippen LogP contribution is 2.37. The summed E-state index contributed by atoms with van der Waals surface area (Å²) in [7, 11) is 0. The zero-order chi connectivity index (χ0) is 11.0. The fourth-order valence-electron chi connectivity index (χ4n) is 1.42. The minimum Gasteiger partial charge on any atom is -0.323 e. The van der Waals surface area contributed by atoms with E-state index in [9.17, 15) is 4.79 Å². The second-order valence-corrected chi connectivity index (χ2v) is 5.28. The molecule has 1 atom stereocenters. The van der Waals surface area contributed by atoms with Crippen molar-refractivity contribution in [1.29, 1.82) is 0 Å². The number of hydrogen-bond donors (Lipinski definition) is 1. The molecule has 1 aromatic heterocycles. The van der Waals surface area contributed by atoms with Crippen molar-refractivity contribution in [2.45, 2.75) is 24.1 Å². The first-order valence-corrected chi connectivity index (χ1v) is 5.98. The van der Waals surface area contributed by atoms with Crippen LogP contribution in [0.2, 0.25) is 5.15 Å². The molecule has 0 saturated heterocycles. The van der Waals surface area contributed by atoms with E-state index in [2.05, 4.69) is 10.3 Å². The Morgan fingerprint density at radius 1 is 1.53 bits per heavy atom. The average molecular weight is 243 g/mol. The second-order valence-electron chi connectivity index (χ2n) is 3.76. The molecule has 1 aromatic rings. The van der Waals surface area contributed by atoms with Gasteiger partial charge in [-0.3, -0.25) is 4.79 Å². The van der Waals surface area contributed by atoms with Gasteiger partial charge < -0.3 is 5.32 Å². The number of rotatable bonds is 1. The Labute approximate surface area is 97.6 Å². The van der Waals surface area contributed by atoms with E-state index in [-0.39, 0.29) is 17.1 Å². The molecule has 1 amide bonds. The summed E-state index contributed by atoms with van der Waals surface area (Å²) in [6.45, 7) is 4.04. The maximum absolute atomic E-state index is 11.7. The summed E-state index contributed by atoms with van der Waals surface area (Å²) in [4.78, 5) is 15.9. The molecule has 0 spiro atoms. The van der Waals surface area contributed by atoms with E-state index < -0.39 is 0 Å². The largest absolute Gasteiger partial charge is 0.323 e. The van der Waals surface area contributed by atoms with Crippen molar-refractivity contribution in [3.8, 4) is 0 Å². The number of pyridine rings is 1. The topological polar surface area (TPSA) is 42.0 Å². The molecular formula is C10H11ClN2OS. The number of anilines is 1. The molecule has 5 heteroatoms. The lowest BCUT2D eigenvalue weighted by Gasteiger charge is -2.25. The predicted molar refractivity (Wildman–Crippen MR) is 62.4 cm³/mol. The lowest BCUT2D eigenvalue weighted by molar-refractivity contribution is -0.116. The Kier molecular flexibility index (Phi) is 2.89. The van der Waals surface area contributed by atoms with E-state index >= 15 is 0 Å². The van der Waals surface area contributed by atoms with Crippen LogP contribution in [0.1, 0.15) is 13.8 Å². The quantitative estimate of drug-likeness (QED) is 0.770. The zero-order valence-electron chi connectivity index (χ0n) is 8.45. The SMILES string of the molecule is CC(C)C1Sc2nc(Cl)ccc2NC1=O. The summed E-state index contributed by atoms with van der Waals surface area (Å²) in [5.41, 5.74) is 0.756. The Morgan fingerprint density at radius 2 is 2.27 bits per heavy atom. The molecule has 2 heterocycles. The number of fused-ring (bicyclic) bond motifs is 1. The number of nitrogens with zero attached hydrogens (tertiary/aromatic N) is 1. The van der Waals surface area contributed by atoms with Crippen LogP contribution in [0.25, 0.3) is 0 Å². The van der Waals surface area contributed by atoms with Crippen LogP contribution >= 0.6 is 23.4 Å². The van der Waals surface area contributed by atoms with Crippen molar-refractivity contribution in [3.63, 3.8) is 0 Å². The van der Waals surface area contributed by atoms with Gasteiger partial charge in [-0.25, -0.2) is 4.98 Å². The van der Waals surface area contributed by atoms with Gasteiger partial charge in [0.1, 0.15) is 10.2 Å². The monoisotopic (exact) mass is 242 g/mol. The predicted octanol–water partition coefficient (Wildman–Crippen LogP) is 2.80. The highest BCUT2D eigenvalue weighted by Gasteiger charge is 2.30. The van der Waals surface area contributed by atoms with Crippen LogP contribution in [0, 0.1) is 5.92 Å². The molecule has 0 saturated carbocycles. The molecule has 1 N–H and O–H groups in total. The Bertz CT molecular complexity index is 408. The van der Waals surface area contributed by atoms with Crippen LogP contribution in [0.5, 0.6) is 0 Å². The summed E-state index contributed by atoms with van der Waals surface area (Å²) in [5.74, 6) is 0.329. The second kappa shape index (κ2) is 4.02. The number of amides is 1. The van der Waals surface area contributed by atoms with Crippen LogP contribution in [0.3, 0.4) is 0 Å². The van der Waals surface area contributed by atoms with Crippen molar-refractivity contribution in [2.24, 2.45) is 5.92 Å². The first-order valence-electron chi connectivity index (χ1n) is 4.72. The van der Waals surface area contributed by atoms with E-state index in [1.54, 1.807) is 12.1 Å². The van der Waals surface area contributed by atoms with Crippen molar-refractivity contribution in [3.05, 3.63) is 17.3 Å². The van der Waals surface area contributed by atoms with Gasteiger partial charge in [-0.2, -0.15) is 0 Å². The molecule has 0 aromatic carbocycles. The lowest BCUT2D eigenvalue weighted by Crippen LogP contribution is -2.33. The smallest absolute Gasteiger partial charge is 0.238 e. The third-order valence-corrected chi connectivity index (χ3v) is 3.94. The van der Waals surface area contributed by atoms with E-state index in [4.69, 9.17) is 11.6 Å². The summed E-state index contributed by atoms with van der Waals surface area (Å²) in [6.07, 6.45) is 0. The molecule has 3 nitrogen and oxygen atoms in total. The van der Waals surface area contributed by atoms with E-state index in [1.165, 1.54) is 11.8 Å². The zero-order valence-corrected chi connectivity index (χ0v) is 10.0. The number of halogens is 1. The molecule has 0 fully saturated rings. The number of carbonyl (C=O) groups excluding carboxylic acids is 1. The van der Waals surface area contributed by atoms with Gasteiger partial charge in [-0.1, -0.05) is 37.2 Å². The van der Waals surface area contributed by atoms with Gasteiger partial charge in [0.25, 0.3) is 0 Å². The maximum Gasteiger partial charge on any atom is 0.238 e. The standard InChI is InChI=1S/C10H11ClN2OS/c1-5(2)8-9(14)12-6-3-4-7(11)13-10(6)15-8/h3-5,8H,1-2H3,(H,12,14). The van der Waals surface area contributed by atoms with Gasteiger partial charge in [0.2, 0.25) is 5.91 Å².